The summed E-state index contributed by atoms with van der Waals surface area (Å²) < 4.78 is 12.0. The minimum Gasteiger partial charge on any atom is -0.328 e. The van der Waals surface area contributed by atoms with E-state index in [0.717, 1.165) is 32.1 Å². The van der Waals surface area contributed by atoms with Crippen molar-refractivity contribution in [2.75, 3.05) is 6.61 Å². The Hall–Kier alpha value is -0.990. The van der Waals surface area contributed by atoms with Gasteiger partial charge in [-0.15, -0.1) is 0 Å². The van der Waals surface area contributed by atoms with Gasteiger partial charge in [-0.2, -0.15) is 0 Å². The van der Waals surface area contributed by atoms with Gasteiger partial charge in [-0.3, -0.25) is 0 Å². The Kier molecular flexibility index (Phi) is 11.3. The van der Waals surface area contributed by atoms with Gasteiger partial charge < -0.3 is 13.9 Å². The van der Waals surface area contributed by atoms with E-state index in [1.807, 2.05) is 0 Å². The first-order valence-electron chi connectivity index (χ1n) is 11.9. The Morgan fingerprint density at radius 1 is 0.933 bits per heavy atom. The molecule has 0 amide bonds. The van der Waals surface area contributed by atoms with Crippen molar-refractivity contribution in [3.05, 3.63) is 59.2 Å². The van der Waals surface area contributed by atoms with Gasteiger partial charge in [0.2, 0.25) is 0 Å². The molecule has 1 aromatic rings. The summed E-state index contributed by atoms with van der Waals surface area (Å²) in [5, 5.41) is 0. The molecule has 0 radical (unpaired) electrons. The smallest absolute Gasteiger partial charge is 0.328 e. The zero-order valence-corrected chi connectivity index (χ0v) is 20.3. The van der Waals surface area contributed by atoms with Crippen molar-refractivity contribution >= 4 is 8.60 Å². The van der Waals surface area contributed by atoms with Gasteiger partial charge in [0.25, 0.3) is 0 Å². The van der Waals surface area contributed by atoms with Gasteiger partial charge in [0.15, 0.2) is 0 Å². The molecule has 0 saturated carbocycles. The summed E-state index contributed by atoms with van der Waals surface area (Å²) >= 11 is 0. The van der Waals surface area contributed by atoms with Crippen LogP contribution in [0.5, 0.6) is 0 Å². The largest absolute Gasteiger partial charge is 0.330 e. The topological polar surface area (TPSA) is 38.7 Å². The molecule has 0 fully saturated rings. The molecule has 3 nitrogen and oxygen atoms in total. The van der Waals surface area contributed by atoms with E-state index in [2.05, 4.69) is 70.2 Å². The monoisotopic (exact) mass is 432 g/mol. The molecule has 0 aliphatic heterocycles. The highest BCUT2D eigenvalue weighted by molar-refractivity contribution is 7.40. The summed E-state index contributed by atoms with van der Waals surface area (Å²) in [5.41, 5.74) is 3.54. The summed E-state index contributed by atoms with van der Waals surface area (Å²) in [5.74, 6) is 0. The third kappa shape index (κ3) is 6.76. The maximum atomic E-state index is 10.6. The fourth-order valence-corrected chi connectivity index (χ4v) is 5.22. The fraction of sp³-hybridized carbons (Fsp3) is 0.615. The first-order valence-corrected chi connectivity index (χ1v) is 13.0. The van der Waals surface area contributed by atoms with Crippen LogP contribution < -0.4 is 0 Å². The number of unbranched alkanes of at least 4 members (excludes halogenated alkanes) is 5. The third-order valence-corrected chi connectivity index (χ3v) is 7.02. The lowest BCUT2D eigenvalue weighted by molar-refractivity contribution is 0.114. The van der Waals surface area contributed by atoms with Crippen LogP contribution in [0.15, 0.2) is 53.6 Å². The van der Waals surface area contributed by atoms with E-state index in [0.29, 0.717) is 6.61 Å². The predicted octanol–water partition coefficient (Wildman–Crippen LogP) is 8.00. The van der Waals surface area contributed by atoms with Gasteiger partial charge >= 0.3 is 8.60 Å². The van der Waals surface area contributed by atoms with E-state index in [1.54, 1.807) is 0 Å². The highest BCUT2D eigenvalue weighted by Gasteiger charge is 2.43. The summed E-state index contributed by atoms with van der Waals surface area (Å²) in [7, 11) is -1.91. The molecule has 3 atom stereocenters. The lowest BCUT2D eigenvalue weighted by Crippen LogP contribution is -2.42. The molecule has 30 heavy (non-hydrogen) atoms. The van der Waals surface area contributed by atoms with Crippen molar-refractivity contribution < 1.29 is 13.9 Å². The van der Waals surface area contributed by atoms with Gasteiger partial charge in [0, 0.05) is 5.41 Å². The second-order valence-electron chi connectivity index (χ2n) is 8.23. The highest BCUT2D eigenvalue weighted by atomic mass is 31.2. The number of hydrogen-bond donors (Lipinski definition) is 1. The summed E-state index contributed by atoms with van der Waals surface area (Å²) in [4.78, 5) is 10.6. The van der Waals surface area contributed by atoms with Crippen molar-refractivity contribution in [2.45, 2.75) is 97.0 Å². The molecule has 1 aromatic carbocycles. The van der Waals surface area contributed by atoms with Gasteiger partial charge in [-0.1, -0.05) is 108 Å². The van der Waals surface area contributed by atoms with Crippen LogP contribution in [0.1, 0.15) is 91.0 Å². The molecule has 0 heterocycles. The van der Waals surface area contributed by atoms with E-state index in [1.165, 1.54) is 42.4 Å². The molecule has 168 valence electrons. The Morgan fingerprint density at radius 2 is 1.63 bits per heavy atom. The van der Waals surface area contributed by atoms with Crippen molar-refractivity contribution in [1.29, 1.82) is 0 Å². The van der Waals surface area contributed by atoms with Crippen LogP contribution in [-0.4, -0.2) is 17.6 Å². The number of allylic oxidation sites excluding steroid dienone is 2. The van der Waals surface area contributed by atoms with Crippen LogP contribution in [0.3, 0.4) is 0 Å². The van der Waals surface area contributed by atoms with Crippen molar-refractivity contribution in [3.8, 4) is 0 Å². The fourth-order valence-electron chi connectivity index (χ4n) is 4.37. The van der Waals surface area contributed by atoms with Crippen LogP contribution in [0.2, 0.25) is 0 Å². The Bertz CT molecular complexity index is 670. The van der Waals surface area contributed by atoms with E-state index in [4.69, 9.17) is 9.05 Å². The minimum atomic E-state index is -1.91. The molecular formula is C26H41O3P. The van der Waals surface area contributed by atoms with Crippen LogP contribution >= 0.6 is 8.60 Å². The molecule has 1 aliphatic rings. The van der Waals surface area contributed by atoms with Crippen LogP contribution in [0, 0.1) is 0 Å². The molecule has 1 aliphatic carbocycles. The molecule has 0 saturated heterocycles. The van der Waals surface area contributed by atoms with E-state index >= 15 is 0 Å². The zero-order valence-electron chi connectivity index (χ0n) is 19.4. The molecular weight excluding hydrogens is 391 g/mol. The molecule has 0 spiro atoms. The Labute approximate surface area is 185 Å². The van der Waals surface area contributed by atoms with Gasteiger partial charge in [0.1, 0.15) is 6.10 Å². The van der Waals surface area contributed by atoms with Crippen molar-refractivity contribution in [3.63, 3.8) is 0 Å². The summed E-state index contributed by atoms with van der Waals surface area (Å²) in [6.07, 6.45) is 14.4. The van der Waals surface area contributed by atoms with Crippen LogP contribution in [0.4, 0.5) is 0 Å². The maximum absolute atomic E-state index is 10.6. The van der Waals surface area contributed by atoms with E-state index in [9.17, 15) is 4.89 Å². The normalized spacial score (nSPS) is 22.5. The maximum Gasteiger partial charge on any atom is 0.330 e. The quantitative estimate of drug-likeness (QED) is 0.239. The molecule has 2 rings (SSSR count). The number of rotatable bonds is 14. The van der Waals surface area contributed by atoms with Gasteiger partial charge in [-0.05, 0) is 36.8 Å². The molecule has 0 bridgehead atoms. The lowest BCUT2D eigenvalue weighted by Gasteiger charge is -2.42. The van der Waals surface area contributed by atoms with Gasteiger partial charge in [-0.25, -0.2) is 0 Å². The van der Waals surface area contributed by atoms with Crippen LogP contribution in [-0.2, 0) is 14.5 Å². The average Bonchev–Trinajstić information content (AvgIpc) is 2.79. The number of benzene rings is 1. The number of hydrogen-bond acceptors (Lipinski definition) is 3. The molecule has 0 aromatic heterocycles. The zero-order chi connectivity index (χ0) is 21.8. The average molecular weight is 433 g/mol. The Morgan fingerprint density at radius 3 is 2.27 bits per heavy atom. The molecule has 1 N–H and O–H groups in total. The standard InChI is InChI=1S/C26H41O3P/c1-5-9-10-11-12-16-19-28-30(27)29-25-23(7-3)20-22(6-2)21-26(25,8-4)24-17-14-13-15-18-24/h13-15,17-18,20-21,25,27H,5-12,16,19H2,1-4H3. The molecule has 3 unspecified atom stereocenters. The Balaban J connectivity index is 2.10. The highest BCUT2D eigenvalue weighted by Crippen LogP contribution is 2.49. The second kappa shape index (κ2) is 13.4. The second-order valence-corrected chi connectivity index (χ2v) is 9.17. The summed E-state index contributed by atoms with van der Waals surface area (Å²) in [6, 6.07) is 10.6. The first-order chi connectivity index (χ1) is 14.6. The van der Waals surface area contributed by atoms with Gasteiger partial charge in [0.05, 0.1) is 6.61 Å². The molecule has 4 heteroatoms. The summed E-state index contributed by atoms with van der Waals surface area (Å²) in [6.45, 7) is 9.37. The van der Waals surface area contributed by atoms with Crippen LogP contribution in [0.25, 0.3) is 0 Å². The van der Waals surface area contributed by atoms with E-state index in [-0.39, 0.29) is 11.5 Å². The lowest BCUT2D eigenvalue weighted by atomic mass is 9.67. The van der Waals surface area contributed by atoms with E-state index < -0.39 is 8.60 Å². The third-order valence-electron chi connectivity index (χ3n) is 6.23. The minimum absolute atomic E-state index is 0.203. The SMILES string of the molecule is CCCCCCCCOP(O)OC1C(CC)=CC(CC)=CC1(CC)c1ccccc1. The van der Waals surface area contributed by atoms with Crippen molar-refractivity contribution in [1.82, 2.24) is 0 Å². The predicted molar refractivity (Wildman–Crippen MR) is 128 cm³/mol. The first kappa shape index (κ1) is 25.3. The van der Waals surface area contributed by atoms with Crippen molar-refractivity contribution in [2.24, 2.45) is 0 Å².